The fraction of sp³-hybridized carbons (Fsp3) is 1.00. The van der Waals surface area contributed by atoms with E-state index in [4.69, 9.17) is 74.7 Å². The summed E-state index contributed by atoms with van der Waals surface area (Å²) in [6.45, 7) is 5.36. The third-order valence-corrected chi connectivity index (χ3v) is 8.88. The zero-order chi connectivity index (χ0) is 30.1. The van der Waals surface area contributed by atoms with Crippen molar-refractivity contribution < 1.29 is 57.7 Å². The molecule has 38 heavy (non-hydrogen) atoms. The van der Waals surface area contributed by atoms with Gasteiger partial charge in [-0.1, -0.05) is 13.3 Å². The number of nitrogens with two attached hydrogens (primary N) is 3. The topological polar surface area (TPSA) is 299 Å². The van der Waals surface area contributed by atoms with Crippen LogP contribution < -0.4 is 17.2 Å². The molecule has 236 valence electrons. The summed E-state index contributed by atoms with van der Waals surface area (Å²) in [4.78, 5) is 42.8. The highest BCUT2D eigenvalue weighted by molar-refractivity contribution is 7.65. The highest BCUT2D eigenvalue weighted by atomic mass is 31.1. The zero-order valence-corrected chi connectivity index (χ0v) is 29.1. The van der Waals surface area contributed by atoms with Crippen LogP contribution in [-0.4, -0.2) is 150 Å². The third kappa shape index (κ3) is 61.2. The Labute approximate surface area is 239 Å². The first kappa shape index (κ1) is 58.6. The first-order chi connectivity index (χ1) is 16.8. The lowest BCUT2D eigenvalue weighted by atomic mass is 10.5. The van der Waals surface area contributed by atoms with Crippen LogP contribution in [0.1, 0.15) is 19.3 Å². The highest BCUT2D eigenvalue weighted by Gasteiger charge is 2.36. The molecule has 0 amide bonds. The Bertz CT molecular complexity index is 382. The maximum atomic E-state index is 8.87. The summed E-state index contributed by atoms with van der Waals surface area (Å²) in [5, 5.41) is 7.00. The van der Waals surface area contributed by atoms with Gasteiger partial charge in [-0.25, -0.2) is 0 Å². The fourth-order valence-corrected chi connectivity index (χ4v) is 4.95. The predicted octanol–water partition coefficient (Wildman–Crippen LogP) is -3.92. The SMILES string of the molecule is CO.CO[Si](CCCN)(OC)OC.CO[Si](O)(O)CCCN.NCCC[Si](O)(O)O.O.O.[B]PC.[B]PC. The molecule has 0 saturated heterocycles. The van der Waals surface area contributed by atoms with Crippen molar-refractivity contribution in [2.24, 2.45) is 17.2 Å². The van der Waals surface area contributed by atoms with Crippen LogP contribution in [0.3, 0.4) is 0 Å². The van der Waals surface area contributed by atoms with Gasteiger partial charge in [0.25, 0.3) is 0 Å². The molecule has 0 bridgehead atoms. The van der Waals surface area contributed by atoms with Crippen molar-refractivity contribution in [2.75, 3.05) is 68.5 Å². The lowest BCUT2D eigenvalue weighted by Crippen LogP contribution is -2.42. The first-order valence-corrected chi connectivity index (χ1v) is 20.0. The number of rotatable bonds is 13. The molecule has 2 unspecified atom stereocenters. The van der Waals surface area contributed by atoms with Gasteiger partial charge in [-0.05, 0) is 38.9 Å². The van der Waals surface area contributed by atoms with E-state index in [1.54, 1.807) is 21.3 Å². The number of hydrogen-bond donors (Lipinski definition) is 9. The molecule has 0 aromatic heterocycles. The van der Waals surface area contributed by atoms with E-state index in [9.17, 15) is 0 Å². The maximum Gasteiger partial charge on any atom is 0.500 e. The molecule has 0 aromatic rings. The fourth-order valence-electron chi connectivity index (χ4n) is 1.65. The molecule has 0 saturated carbocycles. The molecule has 4 radical (unpaired) electrons. The van der Waals surface area contributed by atoms with Gasteiger partial charge in [0.05, 0.1) is 0 Å². The lowest BCUT2D eigenvalue weighted by Gasteiger charge is -2.23. The molecule has 0 heterocycles. The molecular weight excluding hydrogens is 594 g/mol. The van der Waals surface area contributed by atoms with Crippen LogP contribution in [0.15, 0.2) is 0 Å². The van der Waals surface area contributed by atoms with Crippen LogP contribution in [0.5, 0.6) is 0 Å². The minimum Gasteiger partial charge on any atom is -0.412 e. The molecule has 2 atom stereocenters. The Morgan fingerprint density at radius 3 is 1.05 bits per heavy atom. The second kappa shape index (κ2) is 45.0. The normalized spacial score (nSPS) is 10.5. The molecule has 0 fully saturated rings. The standard InChI is InChI=1S/C6H17NO3Si.C4H13NO3Si.C3H11NO3Si.2CH4BP.CH4O.2H2O/c1-8-11(9-2,10-3)6-4-5-7;1-8-9(6,7)4-2-3-5;4-2-1-3-8(5,6)7;2*1-3-2;1-2;;/h4-7H2,1-3H3;6-7H,2-5H2,1H3;5-7H,1-4H2;2*3H,1H3;2H,1H3;2*1H2. The van der Waals surface area contributed by atoms with Crippen LogP contribution >= 0.6 is 16.9 Å². The molecule has 0 rings (SSSR count). The van der Waals surface area contributed by atoms with E-state index in [-0.39, 0.29) is 17.0 Å². The number of hydrogen-bond acceptors (Lipinski definition) is 13. The minimum atomic E-state index is -3.76. The number of aliphatic hydroxyl groups is 1. The van der Waals surface area contributed by atoms with Gasteiger partial charge in [-0.3, -0.25) is 0 Å². The first-order valence-electron chi connectivity index (χ1n) is 10.9. The van der Waals surface area contributed by atoms with Gasteiger partial charge in [0, 0.05) is 53.7 Å². The quantitative estimate of drug-likeness (QED) is 0.0680. The smallest absolute Gasteiger partial charge is 0.412 e. The summed E-state index contributed by atoms with van der Waals surface area (Å²) >= 11 is 0. The average molecular weight is 651 g/mol. The Hall–Kier alpha value is 1.04. The Morgan fingerprint density at radius 1 is 0.605 bits per heavy atom. The molecule has 0 aliphatic heterocycles. The Morgan fingerprint density at radius 2 is 0.868 bits per heavy atom. The number of aliphatic hydroxyl groups excluding tert-OH is 1. The maximum absolute atomic E-state index is 8.87. The second-order valence-corrected chi connectivity index (χ2v) is 15.0. The van der Waals surface area contributed by atoms with Crippen molar-refractivity contribution in [3.05, 3.63) is 0 Å². The molecule has 15 nitrogen and oxygen atoms in total. The summed E-state index contributed by atoms with van der Waals surface area (Å²) in [6, 6.07) is 1.12. The lowest BCUT2D eigenvalue weighted by molar-refractivity contribution is 0.123. The van der Waals surface area contributed by atoms with Gasteiger partial charge < -0.3 is 74.9 Å². The van der Waals surface area contributed by atoms with Gasteiger partial charge in [-0.15, -0.1) is 0 Å². The predicted molar refractivity (Wildman–Crippen MR) is 167 cm³/mol. The Kier molecular flexibility index (Phi) is 69.5. The van der Waals surface area contributed by atoms with Crippen molar-refractivity contribution >= 4 is 58.5 Å². The van der Waals surface area contributed by atoms with Crippen molar-refractivity contribution in [3.8, 4) is 0 Å². The third-order valence-electron chi connectivity index (χ3n) is 3.37. The van der Waals surface area contributed by atoms with E-state index in [0.29, 0.717) is 55.4 Å². The van der Waals surface area contributed by atoms with Crippen LogP contribution in [-0.2, 0) is 17.7 Å². The van der Waals surface area contributed by atoms with Crippen molar-refractivity contribution in [1.29, 1.82) is 0 Å². The molecule has 22 heteroatoms. The monoisotopic (exact) mass is 651 g/mol. The van der Waals surface area contributed by atoms with Gasteiger partial charge in [0.15, 0.2) is 0 Å². The van der Waals surface area contributed by atoms with Crippen LogP contribution in [0.4, 0.5) is 0 Å². The largest absolute Gasteiger partial charge is 0.500 e. The molecule has 0 spiro atoms. The van der Waals surface area contributed by atoms with E-state index in [1.165, 1.54) is 7.11 Å². The van der Waals surface area contributed by atoms with Crippen molar-refractivity contribution in [3.63, 3.8) is 0 Å². The zero-order valence-electron chi connectivity index (χ0n) is 24.1. The molecule has 0 aliphatic rings. The Balaban J connectivity index is -0.0000000511. The van der Waals surface area contributed by atoms with Gasteiger partial charge in [-0.2, -0.15) is 16.9 Å². The van der Waals surface area contributed by atoms with E-state index < -0.39 is 26.4 Å². The summed E-state index contributed by atoms with van der Waals surface area (Å²) in [6.07, 6.45) is 1.95. The van der Waals surface area contributed by atoms with Crippen LogP contribution in [0.2, 0.25) is 18.1 Å². The highest BCUT2D eigenvalue weighted by Crippen LogP contribution is 2.13. The van der Waals surface area contributed by atoms with Gasteiger partial charge in [0.2, 0.25) is 0 Å². The van der Waals surface area contributed by atoms with E-state index in [0.717, 1.165) is 19.6 Å². The average Bonchev–Trinajstić information content (AvgIpc) is 2.85. The molecule has 16 N–H and O–H groups in total. The van der Waals surface area contributed by atoms with E-state index in [2.05, 4.69) is 4.43 Å². The van der Waals surface area contributed by atoms with Gasteiger partial charge >= 0.3 is 26.4 Å². The van der Waals surface area contributed by atoms with Crippen LogP contribution in [0.25, 0.3) is 0 Å². The summed E-state index contributed by atoms with van der Waals surface area (Å²) in [5.74, 6) is 0. The minimum absolute atomic E-state index is 0. The molecule has 0 aliphatic carbocycles. The molecular formula is C16H57B2N3O12P2Si3. The summed E-state index contributed by atoms with van der Waals surface area (Å²) in [5.41, 5.74) is 15.5. The second-order valence-electron chi connectivity index (χ2n) is 6.27. The van der Waals surface area contributed by atoms with Crippen molar-refractivity contribution in [1.82, 2.24) is 0 Å². The van der Waals surface area contributed by atoms with Crippen molar-refractivity contribution in [2.45, 2.75) is 37.4 Å². The van der Waals surface area contributed by atoms with Crippen LogP contribution in [0, 0.1) is 0 Å². The molecule has 0 aromatic carbocycles. The summed E-state index contributed by atoms with van der Waals surface area (Å²) < 4.78 is 20.0. The van der Waals surface area contributed by atoms with Gasteiger partial charge in [0.1, 0.15) is 15.1 Å². The van der Waals surface area contributed by atoms with E-state index in [1.807, 2.05) is 13.3 Å². The van der Waals surface area contributed by atoms with E-state index >= 15 is 0 Å². The summed E-state index contributed by atoms with van der Waals surface area (Å²) in [7, 11) is 8.68.